The predicted octanol–water partition coefficient (Wildman–Crippen LogP) is 4.03. The molecule has 2 rings (SSSR count). The first-order valence-electron chi connectivity index (χ1n) is 6.85. The number of hydrogen-bond acceptors (Lipinski definition) is 2. The van der Waals surface area contributed by atoms with E-state index in [9.17, 15) is 0 Å². The van der Waals surface area contributed by atoms with Crippen LogP contribution in [0.25, 0.3) is 0 Å². The van der Waals surface area contributed by atoms with E-state index in [-0.39, 0.29) is 0 Å². The average Bonchev–Trinajstić information content (AvgIpc) is 2.72. The lowest BCUT2D eigenvalue weighted by Crippen LogP contribution is -2.20. The van der Waals surface area contributed by atoms with Crippen LogP contribution in [-0.4, -0.2) is 14.8 Å². The van der Waals surface area contributed by atoms with Crippen molar-refractivity contribution in [2.24, 2.45) is 5.92 Å². The third kappa shape index (κ3) is 2.82. The maximum absolute atomic E-state index is 6.14. The van der Waals surface area contributed by atoms with Crippen LogP contribution < -0.4 is 0 Å². The van der Waals surface area contributed by atoms with Crippen LogP contribution in [0.5, 0.6) is 0 Å². The second-order valence-corrected chi connectivity index (χ2v) is 5.41. The summed E-state index contributed by atoms with van der Waals surface area (Å²) in [5, 5.41) is 8.71. The molecule has 0 bridgehead atoms. The molecule has 0 saturated heterocycles. The van der Waals surface area contributed by atoms with Crippen LogP contribution in [0.15, 0.2) is 0 Å². The lowest BCUT2D eigenvalue weighted by Gasteiger charge is -2.30. The smallest absolute Gasteiger partial charge is 0.225 e. The lowest BCUT2D eigenvalue weighted by molar-refractivity contribution is 0.259. The van der Waals surface area contributed by atoms with Gasteiger partial charge in [0.1, 0.15) is 5.82 Å². The van der Waals surface area contributed by atoms with Crippen molar-refractivity contribution < 1.29 is 0 Å². The summed E-state index contributed by atoms with van der Waals surface area (Å²) in [7, 11) is 0. The Morgan fingerprint density at radius 3 is 2.47 bits per heavy atom. The number of aryl methyl sites for hydroxylation is 1. The number of rotatable bonds is 4. The zero-order chi connectivity index (χ0) is 12.3. The van der Waals surface area contributed by atoms with Crippen LogP contribution >= 0.6 is 11.6 Å². The van der Waals surface area contributed by atoms with Crippen molar-refractivity contribution in [3.05, 3.63) is 11.1 Å². The molecule has 0 aromatic carbocycles. The Morgan fingerprint density at radius 1 is 1.18 bits per heavy atom. The molecule has 1 aliphatic carbocycles. The van der Waals surface area contributed by atoms with Gasteiger partial charge in [-0.05, 0) is 43.2 Å². The van der Waals surface area contributed by atoms with E-state index in [1.54, 1.807) is 0 Å². The maximum Gasteiger partial charge on any atom is 0.225 e. The molecular weight excluding hydrogens is 234 g/mol. The van der Waals surface area contributed by atoms with Gasteiger partial charge in [0.15, 0.2) is 0 Å². The first kappa shape index (κ1) is 12.9. The van der Waals surface area contributed by atoms with E-state index in [0.29, 0.717) is 11.3 Å². The van der Waals surface area contributed by atoms with Crippen LogP contribution in [0, 0.1) is 5.92 Å². The van der Waals surface area contributed by atoms with Crippen molar-refractivity contribution in [2.75, 3.05) is 0 Å². The Balaban J connectivity index is 2.02. The van der Waals surface area contributed by atoms with Crippen LogP contribution in [-0.2, 0) is 6.42 Å². The third-order valence-corrected chi connectivity index (χ3v) is 4.18. The van der Waals surface area contributed by atoms with Crippen LogP contribution in [0.1, 0.15) is 64.2 Å². The standard InChI is InChI=1S/C13H22ClN3/c1-3-5-10-6-8-11(9-7-10)17-12(4-2)15-16-13(17)14/h10-11H,3-9H2,1-2H3. The van der Waals surface area contributed by atoms with E-state index in [0.717, 1.165) is 18.2 Å². The van der Waals surface area contributed by atoms with E-state index in [1.165, 1.54) is 38.5 Å². The molecule has 96 valence electrons. The summed E-state index contributed by atoms with van der Waals surface area (Å²) in [6.45, 7) is 4.39. The van der Waals surface area contributed by atoms with Gasteiger partial charge in [-0.2, -0.15) is 0 Å². The molecule has 0 amide bonds. The van der Waals surface area contributed by atoms with Gasteiger partial charge in [-0.3, -0.25) is 4.57 Å². The van der Waals surface area contributed by atoms with Gasteiger partial charge in [0.2, 0.25) is 5.28 Å². The SMILES string of the molecule is CCCC1CCC(n2c(Cl)nnc2CC)CC1. The minimum Gasteiger partial charge on any atom is -0.299 e. The summed E-state index contributed by atoms with van der Waals surface area (Å²) in [5.74, 6) is 1.96. The minimum absolute atomic E-state index is 0.528. The van der Waals surface area contributed by atoms with Crippen molar-refractivity contribution in [3.63, 3.8) is 0 Å². The molecule has 17 heavy (non-hydrogen) atoms. The van der Waals surface area contributed by atoms with Crippen LogP contribution in [0.4, 0.5) is 0 Å². The van der Waals surface area contributed by atoms with Gasteiger partial charge in [-0.25, -0.2) is 0 Å². The van der Waals surface area contributed by atoms with Gasteiger partial charge in [0.25, 0.3) is 0 Å². The van der Waals surface area contributed by atoms with E-state index in [4.69, 9.17) is 11.6 Å². The zero-order valence-electron chi connectivity index (χ0n) is 10.8. The van der Waals surface area contributed by atoms with Gasteiger partial charge in [0.05, 0.1) is 0 Å². The molecule has 1 heterocycles. The van der Waals surface area contributed by atoms with E-state index < -0.39 is 0 Å². The summed E-state index contributed by atoms with van der Waals surface area (Å²) in [6, 6.07) is 0.528. The van der Waals surface area contributed by atoms with Crippen molar-refractivity contribution in [1.29, 1.82) is 0 Å². The Morgan fingerprint density at radius 2 is 1.88 bits per heavy atom. The van der Waals surface area contributed by atoms with Crippen molar-refractivity contribution >= 4 is 11.6 Å². The molecule has 1 aromatic rings. The molecule has 1 aromatic heterocycles. The van der Waals surface area contributed by atoms with Crippen molar-refractivity contribution in [2.45, 2.75) is 64.8 Å². The number of hydrogen-bond donors (Lipinski definition) is 0. The van der Waals surface area contributed by atoms with Crippen LogP contribution in [0.3, 0.4) is 0 Å². The first-order chi connectivity index (χ1) is 8.26. The highest BCUT2D eigenvalue weighted by Crippen LogP contribution is 2.36. The topological polar surface area (TPSA) is 30.7 Å². The molecule has 0 N–H and O–H groups in total. The van der Waals surface area contributed by atoms with Crippen molar-refractivity contribution in [3.8, 4) is 0 Å². The molecule has 1 saturated carbocycles. The van der Waals surface area contributed by atoms with Gasteiger partial charge in [0, 0.05) is 12.5 Å². The Bertz CT molecular complexity index is 354. The summed E-state index contributed by atoms with van der Waals surface area (Å²) in [5.41, 5.74) is 0. The Kier molecular flexibility index (Phi) is 4.43. The molecule has 0 spiro atoms. The van der Waals surface area contributed by atoms with Crippen molar-refractivity contribution in [1.82, 2.24) is 14.8 Å². The maximum atomic E-state index is 6.14. The average molecular weight is 256 g/mol. The first-order valence-corrected chi connectivity index (χ1v) is 7.23. The summed E-state index contributed by atoms with van der Waals surface area (Å²) in [4.78, 5) is 0. The quantitative estimate of drug-likeness (QED) is 0.813. The number of aromatic nitrogens is 3. The molecule has 4 heteroatoms. The molecule has 0 aliphatic heterocycles. The highest BCUT2D eigenvalue weighted by atomic mass is 35.5. The molecular formula is C13H22ClN3. The molecule has 0 radical (unpaired) electrons. The fraction of sp³-hybridized carbons (Fsp3) is 0.846. The highest BCUT2D eigenvalue weighted by molar-refractivity contribution is 6.28. The van der Waals surface area contributed by atoms with Crippen LogP contribution in [0.2, 0.25) is 5.28 Å². The second kappa shape index (κ2) is 5.85. The highest BCUT2D eigenvalue weighted by Gasteiger charge is 2.25. The fourth-order valence-corrected chi connectivity index (χ4v) is 3.28. The van der Waals surface area contributed by atoms with Gasteiger partial charge < -0.3 is 0 Å². The molecule has 0 atom stereocenters. The molecule has 0 unspecified atom stereocenters. The largest absolute Gasteiger partial charge is 0.299 e. The predicted molar refractivity (Wildman–Crippen MR) is 70.3 cm³/mol. The van der Waals surface area contributed by atoms with E-state index in [2.05, 4.69) is 28.6 Å². The molecule has 1 aliphatic rings. The minimum atomic E-state index is 0.528. The van der Waals surface area contributed by atoms with E-state index in [1.807, 2.05) is 0 Å². The Hall–Kier alpha value is -0.570. The zero-order valence-corrected chi connectivity index (χ0v) is 11.6. The Labute approximate surface area is 109 Å². The van der Waals surface area contributed by atoms with Gasteiger partial charge in [-0.15, -0.1) is 10.2 Å². The monoisotopic (exact) mass is 255 g/mol. The molecule has 3 nitrogen and oxygen atoms in total. The lowest BCUT2D eigenvalue weighted by atomic mass is 9.83. The molecule has 1 fully saturated rings. The summed E-state index contributed by atoms with van der Waals surface area (Å²) >= 11 is 6.14. The number of nitrogens with zero attached hydrogens (tertiary/aromatic N) is 3. The summed E-state index contributed by atoms with van der Waals surface area (Å²) in [6.07, 6.45) is 8.72. The normalized spacial score (nSPS) is 25.1. The summed E-state index contributed by atoms with van der Waals surface area (Å²) < 4.78 is 2.16. The third-order valence-electron chi connectivity index (χ3n) is 3.92. The fourth-order valence-electron chi connectivity index (χ4n) is 3.00. The van der Waals surface area contributed by atoms with Gasteiger partial charge >= 0.3 is 0 Å². The van der Waals surface area contributed by atoms with Gasteiger partial charge in [-0.1, -0.05) is 26.7 Å². The second-order valence-electron chi connectivity index (χ2n) is 5.07. The number of halogens is 1. The van der Waals surface area contributed by atoms with E-state index >= 15 is 0 Å².